The van der Waals surface area contributed by atoms with Crippen molar-refractivity contribution in [1.29, 1.82) is 0 Å². The van der Waals surface area contributed by atoms with Gasteiger partial charge in [0.2, 0.25) is 5.49 Å². The number of imidazole rings is 1. The number of ether oxygens (including phenoxy) is 3. The van der Waals surface area contributed by atoms with Crippen LogP contribution in [0.1, 0.15) is 61.0 Å². The first-order valence-corrected chi connectivity index (χ1v) is 15.5. The van der Waals surface area contributed by atoms with Crippen LogP contribution in [0.2, 0.25) is 0 Å². The Hall–Kier alpha value is -4.77. The minimum atomic E-state index is -0.343. The first-order chi connectivity index (χ1) is 22.4. The summed E-state index contributed by atoms with van der Waals surface area (Å²) >= 11 is 0. The van der Waals surface area contributed by atoms with E-state index in [-0.39, 0.29) is 36.9 Å². The zero-order chi connectivity index (χ0) is 31.9. The molecule has 1 fully saturated rings. The number of fused-ring (bicyclic) bond motifs is 1. The van der Waals surface area contributed by atoms with Crippen molar-refractivity contribution in [3.63, 3.8) is 0 Å². The third-order valence-corrected chi connectivity index (χ3v) is 7.96. The van der Waals surface area contributed by atoms with E-state index in [0.717, 1.165) is 29.7 Å². The molecule has 0 spiro atoms. The van der Waals surface area contributed by atoms with Gasteiger partial charge in [-0.3, -0.25) is 0 Å². The zero-order valence-corrected chi connectivity index (χ0v) is 25.9. The molecule has 1 unspecified atom stereocenters. The summed E-state index contributed by atoms with van der Waals surface area (Å²) < 4.78 is 47.0. The van der Waals surface area contributed by atoms with Crippen LogP contribution in [-0.2, 0) is 29.3 Å². The van der Waals surface area contributed by atoms with Crippen LogP contribution in [0.15, 0.2) is 78.2 Å². The highest BCUT2D eigenvalue weighted by molar-refractivity contribution is 5.69. The Morgan fingerprint density at radius 2 is 1.67 bits per heavy atom. The van der Waals surface area contributed by atoms with Crippen LogP contribution in [0.5, 0.6) is 11.5 Å². The molecular weight excluding hydrogens is 592 g/mol. The minimum Gasteiger partial charge on any atom is -0.493 e. The van der Waals surface area contributed by atoms with Crippen LogP contribution in [0.3, 0.4) is 0 Å². The van der Waals surface area contributed by atoms with Gasteiger partial charge in [0.1, 0.15) is 29.6 Å². The Labute approximate surface area is 265 Å². The molecule has 3 aromatic carbocycles. The molecule has 0 radical (unpaired) electrons. The van der Waals surface area contributed by atoms with E-state index in [2.05, 4.69) is 15.1 Å². The number of hydrogen-bond donors (Lipinski definition) is 1. The van der Waals surface area contributed by atoms with Gasteiger partial charge >= 0.3 is 0 Å². The van der Waals surface area contributed by atoms with Gasteiger partial charge in [-0.15, -0.1) is 0 Å². The standard InChI is InChI=1S/C35H37F2N5O4/c1-23(19-44-20-25-7-5-9-27(36)15-25)33-39-32-34(41-45-21-26-8-6-10-28(37)16-26)38-22-42(35(32)40-33)18-24-13-14-30(43-2)31(17-24)46-29-11-3-4-12-29/h5-10,13-17,22-23,29H,3-4,11-12,18-21H2,1-2H3,(H,39,40). The third kappa shape index (κ3) is 7.71. The number of methoxy groups -OCH3 is 1. The molecule has 240 valence electrons. The molecule has 1 aliphatic carbocycles. The van der Waals surface area contributed by atoms with E-state index in [1.165, 1.54) is 37.1 Å². The summed E-state index contributed by atoms with van der Waals surface area (Å²) in [6.07, 6.45) is 6.29. The molecule has 0 aliphatic heterocycles. The largest absolute Gasteiger partial charge is 0.493 e. The highest BCUT2D eigenvalue weighted by Gasteiger charge is 2.20. The van der Waals surface area contributed by atoms with Crippen LogP contribution in [-0.4, -0.2) is 39.3 Å². The molecule has 1 saturated carbocycles. The molecule has 46 heavy (non-hydrogen) atoms. The van der Waals surface area contributed by atoms with Crippen LogP contribution in [0.25, 0.3) is 11.2 Å². The predicted molar refractivity (Wildman–Crippen MR) is 168 cm³/mol. The lowest BCUT2D eigenvalue weighted by Gasteiger charge is -2.17. The van der Waals surface area contributed by atoms with Crippen LogP contribution in [0, 0.1) is 11.6 Å². The lowest BCUT2D eigenvalue weighted by molar-refractivity contribution is 0.108. The van der Waals surface area contributed by atoms with Gasteiger partial charge in [0.05, 0.1) is 39.3 Å². The topological polar surface area (TPSA) is 95.8 Å². The molecule has 2 aromatic heterocycles. The molecule has 0 amide bonds. The first kappa shape index (κ1) is 31.2. The maximum atomic E-state index is 13.6. The lowest BCUT2D eigenvalue weighted by atomic mass is 10.2. The Balaban J connectivity index is 1.26. The summed E-state index contributed by atoms with van der Waals surface area (Å²) in [7, 11) is 1.64. The maximum absolute atomic E-state index is 13.6. The average Bonchev–Trinajstić information content (AvgIpc) is 3.73. The van der Waals surface area contributed by atoms with E-state index in [9.17, 15) is 8.78 Å². The molecule has 5 aromatic rings. The van der Waals surface area contributed by atoms with Crippen molar-refractivity contribution < 1.29 is 27.8 Å². The van der Waals surface area contributed by atoms with Gasteiger partial charge in [-0.25, -0.2) is 18.7 Å². The van der Waals surface area contributed by atoms with Gasteiger partial charge in [0.25, 0.3) is 0 Å². The van der Waals surface area contributed by atoms with Crippen LogP contribution in [0.4, 0.5) is 8.78 Å². The second kappa shape index (κ2) is 14.6. The van der Waals surface area contributed by atoms with Crippen molar-refractivity contribution in [2.75, 3.05) is 13.7 Å². The van der Waals surface area contributed by atoms with Crippen molar-refractivity contribution in [3.05, 3.63) is 113 Å². The summed E-state index contributed by atoms with van der Waals surface area (Å²) in [5.74, 6) is 1.34. The van der Waals surface area contributed by atoms with Gasteiger partial charge in [-0.05, 0) is 78.8 Å². The molecule has 0 saturated heterocycles. The molecule has 1 N–H and O–H groups in total. The Morgan fingerprint density at radius 1 is 0.935 bits per heavy atom. The van der Waals surface area contributed by atoms with Crippen molar-refractivity contribution >= 4 is 11.2 Å². The second-order valence-electron chi connectivity index (χ2n) is 11.6. The fourth-order valence-corrected chi connectivity index (χ4v) is 5.56. The van der Waals surface area contributed by atoms with Gasteiger partial charge in [0.15, 0.2) is 17.1 Å². The number of hydrogen-bond acceptors (Lipinski definition) is 7. The second-order valence-corrected chi connectivity index (χ2v) is 11.6. The Morgan fingerprint density at radius 3 is 2.39 bits per heavy atom. The number of halogens is 2. The molecule has 2 heterocycles. The van der Waals surface area contributed by atoms with Crippen molar-refractivity contribution in [2.24, 2.45) is 5.16 Å². The Kier molecular flexibility index (Phi) is 9.88. The molecule has 9 nitrogen and oxygen atoms in total. The number of aromatic amines is 1. The lowest BCUT2D eigenvalue weighted by Crippen LogP contribution is -2.16. The smallest absolute Gasteiger partial charge is 0.220 e. The minimum absolute atomic E-state index is 0.0801. The maximum Gasteiger partial charge on any atom is 0.220 e. The summed E-state index contributed by atoms with van der Waals surface area (Å²) in [5, 5.41) is 4.26. The molecule has 6 rings (SSSR count). The van der Waals surface area contributed by atoms with E-state index < -0.39 is 0 Å². The zero-order valence-electron chi connectivity index (χ0n) is 25.9. The van der Waals surface area contributed by atoms with E-state index in [1.54, 1.807) is 31.6 Å². The molecule has 1 aliphatic rings. The van der Waals surface area contributed by atoms with Crippen molar-refractivity contribution in [3.8, 4) is 11.5 Å². The van der Waals surface area contributed by atoms with Crippen molar-refractivity contribution in [2.45, 2.75) is 64.4 Å². The third-order valence-electron chi connectivity index (χ3n) is 7.96. The highest BCUT2D eigenvalue weighted by atomic mass is 19.1. The van der Waals surface area contributed by atoms with Gasteiger partial charge in [0, 0.05) is 5.92 Å². The number of aromatic nitrogens is 4. The van der Waals surface area contributed by atoms with E-state index in [1.807, 2.05) is 35.8 Å². The SMILES string of the molecule is COc1ccc(Cn2cnc(=NOCc3cccc(F)c3)c3[nH]c(C(C)COCc4cccc(F)c4)nc32)cc1OC1CCCC1. The number of rotatable bonds is 13. The number of nitrogens with zero attached hydrogens (tertiary/aromatic N) is 4. The number of nitrogens with one attached hydrogen (secondary N) is 1. The monoisotopic (exact) mass is 629 g/mol. The molecule has 11 heteroatoms. The predicted octanol–water partition coefficient (Wildman–Crippen LogP) is 6.77. The quantitative estimate of drug-likeness (QED) is 0.145. The summed E-state index contributed by atoms with van der Waals surface area (Å²) in [5.41, 5.74) is 3.93. The Bertz CT molecular complexity index is 1850. The van der Waals surface area contributed by atoms with Crippen LogP contribution >= 0.6 is 0 Å². The molecule has 0 bridgehead atoms. The van der Waals surface area contributed by atoms with E-state index in [0.29, 0.717) is 46.9 Å². The van der Waals surface area contributed by atoms with E-state index >= 15 is 0 Å². The highest BCUT2D eigenvalue weighted by Crippen LogP contribution is 2.33. The number of benzene rings is 3. The first-order valence-electron chi connectivity index (χ1n) is 15.5. The number of H-pyrrole nitrogens is 1. The summed E-state index contributed by atoms with van der Waals surface area (Å²) in [6, 6.07) is 18.4. The van der Waals surface area contributed by atoms with Gasteiger partial charge in [-0.1, -0.05) is 42.4 Å². The van der Waals surface area contributed by atoms with Gasteiger partial charge in [-0.2, -0.15) is 0 Å². The summed E-state index contributed by atoms with van der Waals surface area (Å²) in [4.78, 5) is 18.5. The average molecular weight is 630 g/mol. The van der Waals surface area contributed by atoms with Gasteiger partial charge < -0.3 is 28.6 Å². The van der Waals surface area contributed by atoms with Crippen molar-refractivity contribution in [1.82, 2.24) is 19.5 Å². The summed E-state index contributed by atoms with van der Waals surface area (Å²) in [6.45, 7) is 3.17. The van der Waals surface area contributed by atoms with E-state index in [4.69, 9.17) is 24.0 Å². The molecule has 1 atom stereocenters. The fourth-order valence-electron chi connectivity index (χ4n) is 5.56. The fraction of sp³-hybridized carbons (Fsp3) is 0.343. The van der Waals surface area contributed by atoms with Crippen LogP contribution < -0.4 is 15.0 Å². The normalized spacial score (nSPS) is 14.6. The molecular formula is C35H37F2N5O4.